The predicted octanol–water partition coefficient (Wildman–Crippen LogP) is 5.02. The minimum absolute atomic E-state index is 0.0426. The lowest BCUT2D eigenvalue weighted by Crippen LogP contribution is -2.40. The molecule has 12 heteroatoms. The highest BCUT2D eigenvalue weighted by atomic mass is 32.2. The molecule has 3 aromatic carbocycles. The van der Waals surface area contributed by atoms with Crippen molar-refractivity contribution in [3.05, 3.63) is 77.9 Å². The second-order valence-electron chi connectivity index (χ2n) is 8.67. The van der Waals surface area contributed by atoms with E-state index >= 15 is 0 Å². The van der Waals surface area contributed by atoms with Gasteiger partial charge in [-0.25, -0.2) is 8.42 Å². The summed E-state index contributed by atoms with van der Waals surface area (Å²) in [5.74, 6) is 0.212. The standard InChI is InChI=1S/C27H29F3N2O6S/c1-18(2)38-22-10-5-7-19(13-22)16-31-26(33)17-32(21-9-6-8-20(14-21)27(28,29)30)39(34,35)23-11-12-24(36-3)25(15-23)37-4/h5-15,18H,16-17H2,1-4H3,(H,31,33). The average molecular weight is 567 g/mol. The maximum Gasteiger partial charge on any atom is 0.416 e. The van der Waals surface area contributed by atoms with Gasteiger partial charge < -0.3 is 19.5 Å². The molecule has 0 heterocycles. The number of hydrogen-bond donors (Lipinski definition) is 1. The molecule has 0 unspecified atom stereocenters. The summed E-state index contributed by atoms with van der Waals surface area (Å²) in [7, 11) is -1.84. The van der Waals surface area contributed by atoms with Gasteiger partial charge in [-0.1, -0.05) is 18.2 Å². The number of alkyl halides is 3. The Kier molecular flexibility index (Phi) is 9.33. The quantitative estimate of drug-likeness (QED) is 0.350. The van der Waals surface area contributed by atoms with Crippen molar-refractivity contribution in [2.45, 2.75) is 37.6 Å². The molecular formula is C27H29F3N2O6S. The third-order valence-corrected chi connectivity index (χ3v) is 7.22. The highest BCUT2D eigenvalue weighted by Gasteiger charge is 2.33. The van der Waals surface area contributed by atoms with Crippen molar-refractivity contribution in [3.63, 3.8) is 0 Å². The zero-order chi connectivity index (χ0) is 28.8. The number of hydrogen-bond acceptors (Lipinski definition) is 6. The van der Waals surface area contributed by atoms with Crippen LogP contribution in [0.15, 0.2) is 71.6 Å². The van der Waals surface area contributed by atoms with E-state index in [9.17, 15) is 26.4 Å². The van der Waals surface area contributed by atoms with Gasteiger partial charge >= 0.3 is 6.18 Å². The number of carbonyl (C=O) groups excluding carboxylic acids is 1. The molecule has 0 spiro atoms. The lowest BCUT2D eigenvalue weighted by molar-refractivity contribution is -0.137. The van der Waals surface area contributed by atoms with E-state index in [0.717, 1.165) is 12.1 Å². The summed E-state index contributed by atoms with van der Waals surface area (Å²) in [6.07, 6.45) is -4.78. The van der Waals surface area contributed by atoms with E-state index in [1.165, 1.54) is 38.5 Å². The molecule has 39 heavy (non-hydrogen) atoms. The molecule has 0 fully saturated rings. The molecular weight excluding hydrogens is 537 g/mol. The topological polar surface area (TPSA) is 94.2 Å². The van der Waals surface area contributed by atoms with Crippen molar-refractivity contribution in [2.75, 3.05) is 25.1 Å². The Bertz CT molecular complexity index is 1410. The Morgan fingerprint density at radius 3 is 2.28 bits per heavy atom. The van der Waals surface area contributed by atoms with Gasteiger partial charge in [0.15, 0.2) is 11.5 Å². The second kappa shape index (κ2) is 12.3. The summed E-state index contributed by atoms with van der Waals surface area (Å²) < 4.78 is 84.2. The van der Waals surface area contributed by atoms with Crippen LogP contribution < -0.4 is 23.8 Å². The Labute approximate surface area is 225 Å². The number of nitrogens with one attached hydrogen (secondary N) is 1. The van der Waals surface area contributed by atoms with E-state index in [4.69, 9.17) is 14.2 Å². The van der Waals surface area contributed by atoms with Gasteiger partial charge in [0.25, 0.3) is 10.0 Å². The van der Waals surface area contributed by atoms with Crippen molar-refractivity contribution >= 4 is 21.6 Å². The van der Waals surface area contributed by atoms with Gasteiger partial charge in [-0.3, -0.25) is 9.10 Å². The normalized spacial score (nSPS) is 11.7. The van der Waals surface area contributed by atoms with Crippen LogP contribution in [-0.4, -0.2) is 41.2 Å². The van der Waals surface area contributed by atoms with Crippen LogP contribution in [0.4, 0.5) is 18.9 Å². The zero-order valence-electron chi connectivity index (χ0n) is 21.8. The van der Waals surface area contributed by atoms with Crippen molar-refractivity contribution in [1.29, 1.82) is 0 Å². The predicted molar refractivity (Wildman–Crippen MR) is 140 cm³/mol. The SMILES string of the molecule is COc1ccc(S(=O)(=O)N(CC(=O)NCc2cccc(OC(C)C)c2)c2cccc(C(F)(F)F)c2)cc1OC. The van der Waals surface area contributed by atoms with Gasteiger partial charge in [-0.2, -0.15) is 13.2 Å². The Hall–Kier alpha value is -3.93. The first-order valence-corrected chi connectivity index (χ1v) is 13.2. The highest BCUT2D eigenvalue weighted by molar-refractivity contribution is 7.92. The first kappa shape index (κ1) is 29.6. The molecule has 0 aliphatic heterocycles. The fourth-order valence-corrected chi connectivity index (χ4v) is 5.07. The molecule has 0 atom stereocenters. The van der Waals surface area contributed by atoms with Crippen LogP contribution in [0.2, 0.25) is 0 Å². The van der Waals surface area contributed by atoms with E-state index in [2.05, 4.69) is 5.32 Å². The number of rotatable bonds is 11. The van der Waals surface area contributed by atoms with Crippen LogP contribution in [-0.2, 0) is 27.5 Å². The van der Waals surface area contributed by atoms with Crippen LogP contribution in [0.1, 0.15) is 25.0 Å². The van der Waals surface area contributed by atoms with E-state index in [1.807, 2.05) is 13.8 Å². The van der Waals surface area contributed by atoms with Crippen LogP contribution in [0, 0.1) is 0 Å². The minimum Gasteiger partial charge on any atom is -0.493 e. The van der Waals surface area contributed by atoms with E-state index < -0.39 is 34.2 Å². The van der Waals surface area contributed by atoms with Crippen molar-refractivity contribution < 1.29 is 40.6 Å². The number of anilines is 1. The molecule has 3 aromatic rings. The summed E-state index contributed by atoms with van der Waals surface area (Å²) in [4.78, 5) is 12.6. The summed E-state index contributed by atoms with van der Waals surface area (Å²) in [6, 6.07) is 14.5. The van der Waals surface area contributed by atoms with Gasteiger partial charge in [-0.15, -0.1) is 0 Å². The van der Waals surface area contributed by atoms with E-state index in [1.54, 1.807) is 24.3 Å². The van der Waals surface area contributed by atoms with Crippen molar-refractivity contribution in [2.24, 2.45) is 0 Å². The smallest absolute Gasteiger partial charge is 0.416 e. The second-order valence-corrected chi connectivity index (χ2v) is 10.5. The molecule has 1 N–H and O–H groups in total. The van der Waals surface area contributed by atoms with Crippen LogP contribution >= 0.6 is 0 Å². The Balaban J connectivity index is 1.94. The summed E-state index contributed by atoms with van der Waals surface area (Å²) in [5, 5.41) is 2.62. The summed E-state index contributed by atoms with van der Waals surface area (Å²) in [6.45, 7) is 3.01. The molecule has 0 saturated heterocycles. The summed E-state index contributed by atoms with van der Waals surface area (Å²) >= 11 is 0. The molecule has 0 aliphatic rings. The number of amides is 1. The molecule has 0 aromatic heterocycles. The number of nitrogens with zero attached hydrogens (tertiary/aromatic N) is 1. The highest BCUT2D eigenvalue weighted by Crippen LogP contribution is 2.35. The zero-order valence-corrected chi connectivity index (χ0v) is 22.6. The first-order chi connectivity index (χ1) is 18.3. The van der Waals surface area contributed by atoms with Crippen LogP contribution in [0.25, 0.3) is 0 Å². The van der Waals surface area contributed by atoms with Gasteiger partial charge in [-0.05, 0) is 61.9 Å². The third-order valence-electron chi connectivity index (χ3n) is 5.45. The summed E-state index contributed by atoms with van der Waals surface area (Å²) in [5.41, 5.74) is -0.702. The van der Waals surface area contributed by atoms with E-state index in [-0.39, 0.29) is 34.7 Å². The van der Waals surface area contributed by atoms with Crippen LogP contribution in [0.5, 0.6) is 17.2 Å². The molecule has 210 valence electrons. The number of carbonyl (C=O) groups is 1. The number of halogens is 3. The molecule has 1 amide bonds. The average Bonchev–Trinajstić information content (AvgIpc) is 2.89. The lowest BCUT2D eigenvalue weighted by atomic mass is 10.2. The molecule has 0 saturated carbocycles. The Morgan fingerprint density at radius 1 is 0.949 bits per heavy atom. The molecule has 0 aliphatic carbocycles. The molecule has 0 radical (unpaired) electrons. The van der Waals surface area contributed by atoms with Crippen LogP contribution in [0.3, 0.4) is 0 Å². The minimum atomic E-state index is -4.72. The lowest BCUT2D eigenvalue weighted by Gasteiger charge is -2.25. The molecule has 8 nitrogen and oxygen atoms in total. The number of methoxy groups -OCH3 is 2. The fraction of sp³-hybridized carbons (Fsp3) is 0.296. The van der Waals surface area contributed by atoms with Gasteiger partial charge in [0.05, 0.1) is 36.5 Å². The van der Waals surface area contributed by atoms with Gasteiger partial charge in [0.2, 0.25) is 5.91 Å². The van der Waals surface area contributed by atoms with E-state index in [0.29, 0.717) is 21.7 Å². The molecule has 0 bridgehead atoms. The number of sulfonamides is 1. The number of ether oxygens (including phenoxy) is 3. The first-order valence-electron chi connectivity index (χ1n) is 11.8. The maximum absolute atomic E-state index is 13.7. The number of benzene rings is 3. The van der Waals surface area contributed by atoms with Gasteiger partial charge in [0.1, 0.15) is 12.3 Å². The monoisotopic (exact) mass is 566 g/mol. The molecule has 3 rings (SSSR count). The fourth-order valence-electron chi connectivity index (χ4n) is 3.64. The maximum atomic E-state index is 13.7. The third kappa shape index (κ3) is 7.56. The van der Waals surface area contributed by atoms with Crippen molar-refractivity contribution in [1.82, 2.24) is 5.32 Å². The largest absolute Gasteiger partial charge is 0.493 e. The van der Waals surface area contributed by atoms with Crippen molar-refractivity contribution in [3.8, 4) is 17.2 Å². The van der Waals surface area contributed by atoms with Gasteiger partial charge in [0, 0.05) is 12.6 Å². The Morgan fingerprint density at radius 2 is 1.64 bits per heavy atom.